The van der Waals surface area contributed by atoms with Crippen molar-refractivity contribution in [1.29, 1.82) is 0 Å². The number of amides is 2. The summed E-state index contributed by atoms with van der Waals surface area (Å²) in [6.07, 6.45) is 0.583. The van der Waals surface area contributed by atoms with E-state index in [2.05, 4.69) is 17.4 Å². The zero-order valence-corrected chi connectivity index (χ0v) is 18.7. The quantitative estimate of drug-likeness (QED) is 0.622. The van der Waals surface area contributed by atoms with Gasteiger partial charge in [0.1, 0.15) is 6.04 Å². The monoisotopic (exact) mass is 412 g/mol. The molecule has 2 aromatic carbocycles. The maximum atomic E-state index is 13.1. The lowest BCUT2D eigenvalue weighted by Crippen LogP contribution is -2.50. The highest BCUT2D eigenvalue weighted by atomic mass is 32.2. The SMILES string of the molecule is CCC(C(=O)NC(C)C)N(Cc1ccc(C)cc1)C(=O)CSCc1ccccc1. The van der Waals surface area contributed by atoms with Crippen LogP contribution >= 0.6 is 11.8 Å². The van der Waals surface area contributed by atoms with Gasteiger partial charge in [-0.15, -0.1) is 11.8 Å². The van der Waals surface area contributed by atoms with Crippen LogP contribution in [0.2, 0.25) is 0 Å². The summed E-state index contributed by atoms with van der Waals surface area (Å²) in [5.41, 5.74) is 3.41. The van der Waals surface area contributed by atoms with E-state index < -0.39 is 6.04 Å². The second kappa shape index (κ2) is 11.7. The minimum atomic E-state index is -0.469. The summed E-state index contributed by atoms with van der Waals surface area (Å²) in [6, 6.07) is 17.8. The average molecular weight is 413 g/mol. The fraction of sp³-hybridized carbons (Fsp3) is 0.417. The molecule has 2 aromatic rings. The minimum absolute atomic E-state index is 0.00253. The Labute approximate surface area is 179 Å². The van der Waals surface area contributed by atoms with Gasteiger partial charge in [0, 0.05) is 18.3 Å². The molecule has 0 spiro atoms. The molecule has 4 nitrogen and oxygen atoms in total. The van der Waals surface area contributed by atoms with Crippen LogP contribution in [0.3, 0.4) is 0 Å². The summed E-state index contributed by atoms with van der Waals surface area (Å²) in [6.45, 7) is 8.31. The van der Waals surface area contributed by atoms with Gasteiger partial charge in [0.05, 0.1) is 5.75 Å². The Kier molecular flexibility index (Phi) is 9.26. The number of hydrogen-bond acceptors (Lipinski definition) is 3. The van der Waals surface area contributed by atoms with E-state index in [1.807, 2.05) is 70.2 Å². The first-order valence-electron chi connectivity index (χ1n) is 10.2. The van der Waals surface area contributed by atoms with Gasteiger partial charge in [-0.2, -0.15) is 0 Å². The zero-order valence-electron chi connectivity index (χ0n) is 17.9. The molecule has 0 heterocycles. The third kappa shape index (κ3) is 7.58. The van der Waals surface area contributed by atoms with Gasteiger partial charge < -0.3 is 10.2 Å². The normalized spacial score (nSPS) is 11.9. The van der Waals surface area contributed by atoms with E-state index in [1.165, 1.54) is 11.1 Å². The van der Waals surface area contributed by atoms with Crippen molar-refractivity contribution in [1.82, 2.24) is 10.2 Å². The van der Waals surface area contributed by atoms with Crippen LogP contribution < -0.4 is 5.32 Å². The first kappa shape index (κ1) is 23.0. The van der Waals surface area contributed by atoms with Gasteiger partial charge in [0.2, 0.25) is 11.8 Å². The molecule has 156 valence electrons. The largest absolute Gasteiger partial charge is 0.352 e. The number of carbonyl (C=O) groups is 2. The lowest BCUT2D eigenvalue weighted by Gasteiger charge is -2.31. The maximum Gasteiger partial charge on any atom is 0.243 e. The summed E-state index contributed by atoms with van der Waals surface area (Å²) in [5, 5.41) is 2.97. The van der Waals surface area contributed by atoms with Crippen LogP contribution in [0.1, 0.15) is 43.9 Å². The molecule has 5 heteroatoms. The fourth-order valence-electron chi connectivity index (χ4n) is 3.10. The molecule has 2 amide bonds. The molecule has 0 saturated carbocycles. The van der Waals surface area contributed by atoms with E-state index in [-0.39, 0.29) is 17.9 Å². The Bertz CT molecular complexity index is 775. The Morgan fingerprint density at radius 1 is 1.00 bits per heavy atom. The molecule has 1 N–H and O–H groups in total. The number of hydrogen-bond donors (Lipinski definition) is 1. The Morgan fingerprint density at radius 3 is 2.24 bits per heavy atom. The van der Waals surface area contributed by atoms with Gasteiger partial charge in [-0.25, -0.2) is 0 Å². The highest BCUT2D eigenvalue weighted by Gasteiger charge is 2.28. The zero-order chi connectivity index (χ0) is 21.2. The van der Waals surface area contributed by atoms with Crippen molar-refractivity contribution >= 4 is 23.6 Å². The third-order valence-electron chi connectivity index (χ3n) is 4.63. The molecule has 0 aliphatic carbocycles. The number of aryl methyl sites for hydroxylation is 1. The standard InChI is InChI=1S/C24H32N2O2S/c1-5-22(24(28)25-18(2)3)26(15-20-13-11-19(4)12-14-20)23(27)17-29-16-21-9-7-6-8-10-21/h6-14,18,22H,5,15-17H2,1-4H3,(H,25,28). The lowest BCUT2D eigenvalue weighted by molar-refractivity contribution is -0.139. The number of carbonyl (C=O) groups excluding carboxylic acids is 2. The molecule has 0 bridgehead atoms. The molecule has 0 aromatic heterocycles. The molecule has 0 aliphatic heterocycles. The van der Waals surface area contributed by atoms with Crippen LogP contribution in [0.15, 0.2) is 54.6 Å². The Hall–Kier alpha value is -2.27. The summed E-state index contributed by atoms with van der Waals surface area (Å²) >= 11 is 1.59. The van der Waals surface area contributed by atoms with E-state index in [0.717, 1.165) is 11.3 Å². The number of thioether (sulfide) groups is 1. The summed E-state index contributed by atoms with van der Waals surface area (Å²) in [4.78, 5) is 27.6. The first-order chi connectivity index (χ1) is 13.9. The van der Waals surface area contributed by atoms with Gasteiger partial charge in [-0.3, -0.25) is 9.59 Å². The first-order valence-corrected chi connectivity index (χ1v) is 11.3. The van der Waals surface area contributed by atoms with Gasteiger partial charge in [-0.1, -0.05) is 67.1 Å². The van der Waals surface area contributed by atoms with Crippen molar-refractivity contribution in [3.8, 4) is 0 Å². The van der Waals surface area contributed by atoms with E-state index in [9.17, 15) is 9.59 Å². The Morgan fingerprint density at radius 2 is 1.66 bits per heavy atom. The number of rotatable bonds is 10. The van der Waals surface area contributed by atoms with Crippen molar-refractivity contribution in [3.63, 3.8) is 0 Å². The van der Waals surface area contributed by atoms with Crippen LogP contribution in [0.25, 0.3) is 0 Å². The van der Waals surface area contributed by atoms with Crippen LogP contribution in [0.5, 0.6) is 0 Å². The molecule has 0 radical (unpaired) electrons. The highest BCUT2D eigenvalue weighted by Crippen LogP contribution is 2.17. The van der Waals surface area contributed by atoms with Crippen molar-refractivity contribution in [2.24, 2.45) is 0 Å². The summed E-state index contributed by atoms with van der Waals surface area (Å²) in [7, 11) is 0. The second-order valence-electron chi connectivity index (χ2n) is 7.57. The number of nitrogens with one attached hydrogen (secondary N) is 1. The molecule has 0 aliphatic rings. The van der Waals surface area contributed by atoms with E-state index in [1.54, 1.807) is 16.7 Å². The van der Waals surface area contributed by atoms with Crippen molar-refractivity contribution in [3.05, 3.63) is 71.3 Å². The van der Waals surface area contributed by atoms with Crippen molar-refractivity contribution in [2.75, 3.05) is 5.75 Å². The molecule has 0 fully saturated rings. The molecular weight excluding hydrogens is 380 g/mol. The highest BCUT2D eigenvalue weighted by molar-refractivity contribution is 7.99. The molecule has 2 rings (SSSR count). The van der Waals surface area contributed by atoms with Gasteiger partial charge >= 0.3 is 0 Å². The molecule has 29 heavy (non-hydrogen) atoms. The average Bonchev–Trinajstić information content (AvgIpc) is 2.69. The topological polar surface area (TPSA) is 49.4 Å². The molecular formula is C24H32N2O2S. The van der Waals surface area contributed by atoms with Crippen LogP contribution in [-0.2, 0) is 21.9 Å². The van der Waals surface area contributed by atoms with Crippen LogP contribution in [0.4, 0.5) is 0 Å². The number of benzene rings is 2. The maximum absolute atomic E-state index is 13.1. The molecule has 0 saturated heterocycles. The van der Waals surface area contributed by atoms with Crippen molar-refractivity contribution in [2.45, 2.75) is 58.5 Å². The second-order valence-corrected chi connectivity index (χ2v) is 8.56. The predicted octanol–water partition coefficient (Wildman–Crippen LogP) is 4.56. The van der Waals surface area contributed by atoms with E-state index in [0.29, 0.717) is 18.7 Å². The predicted molar refractivity (Wildman–Crippen MR) is 122 cm³/mol. The smallest absolute Gasteiger partial charge is 0.243 e. The number of nitrogens with zero attached hydrogens (tertiary/aromatic N) is 1. The summed E-state index contributed by atoms with van der Waals surface area (Å²) in [5.74, 6) is 1.04. The molecule has 1 unspecified atom stereocenters. The fourth-order valence-corrected chi connectivity index (χ4v) is 3.97. The minimum Gasteiger partial charge on any atom is -0.352 e. The molecule has 1 atom stereocenters. The van der Waals surface area contributed by atoms with Crippen LogP contribution in [-0.4, -0.2) is 34.6 Å². The van der Waals surface area contributed by atoms with Gasteiger partial charge in [0.25, 0.3) is 0 Å². The van der Waals surface area contributed by atoms with E-state index in [4.69, 9.17) is 0 Å². The third-order valence-corrected chi connectivity index (χ3v) is 5.62. The lowest BCUT2D eigenvalue weighted by atomic mass is 10.1. The summed E-state index contributed by atoms with van der Waals surface area (Å²) < 4.78 is 0. The Balaban J connectivity index is 2.11. The van der Waals surface area contributed by atoms with Gasteiger partial charge in [-0.05, 0) is 38.3 Å². The van der Waals surface area contributed by atoms with Crippen LogP contribution in [0, 0.1) is 6.92 Å². The van der Waals surface area contributed by atoms with Gasteiger partial charge in [0.15, 0.2) is 0 Å². The van der Waals surface area contributed by atoms with E-state index >= 15 is 0 Å². The van der Waals surface area contributed by atoms with Crippen molar-refractivity contribution < 1.29 is 9.59 Å².